The molecule has 1 aromatic carbocycles. The van der Waals surface area contributed by atoms with Gasteiger partial charge in [-0.2, -0.15) is 0 Å². The summed E-state index contributed by atoms with van der Waals surface area (Å²) in [5.74, 6) is 0.573. The van der Waals surface area contributed by atoms with Gasteiger partial charge in [-0.3, -0.25) is 4.79 Å². The fourth-order valence-corrected chi connectivity index (χ4v) is 2.75. The minimum absolute atomic E-state index is 0.00241. The Morgan fingerprint density at radius 3 is 2.95 bits per heavy atom. The van der Waals surface area contributed by atoms with Gasteiger partial charge in [0.2, 0.25) is 0 Å². The minimum atomic E-state index is -0.0736. The Morgan fingerprint density at radius 1 is 1.43 bits per heavy atom. The van der Waals surface area contributed by atoms with Crippen molar-refractivity contribution >= 4 is 17.5 Å². The SMILES string of the molecule is Cc1cc(OCC(=O)N2CCCCCC2CO)ccc1Cl. The predicted octanol–water partition coefficient (Wildman–Crippen LogP) is 2.79. The van der Waals surface area contributed by atoms with Gasteiger partial charge in [-0.05, 0) is 43.5 Å². The van der Waals surface area contributed by atoms with Gasteiger partial charge in [-0.1, -0.05) is 24.4 Å². The fraction of sp³-hybridized carbons (Fsp3) is 0.562. The lowest BCUT2D eigenvalue weighted by molar-refractivity contribution is -0.136. The zero-order valence-electron chi connectivity index (χ0n) is 12.3. The smallest absolute Gasteiger partial charge is 0.260 e. The van der Waals surface area contributed by atoms with E-state index in [1.807, 2.05) is 13.0 Å². The maximum Gasteiger partial charge on any atom is 0.260 e. The van der Waals surface area contributed by atoms with Crippen molar-refractivity contribution < 1.29 is 14.6 Å². The highest BCUT2D eigenvalue weighted by atomic mass is 35.5. The third kappa shape index (κ3) is 4.35. The molecule has 1 saturated heterocycles. The van der Waals surface area contributed by atoms with Gasteiger partial charge in [0.1, 0.15) is 5.75 Å². The molecule has 5 heteroatoms. The van der Waals surface area contributed by atoms with E-state index in [1.165, 1.54) is 0 Å². The maximum atomic E-state index is 12.3. The number of hydrogen-bond donors (Lipinski definition) is 1. The summed E-state index contributed by atoms with van der Waals surface area (Å²) in [5, 5.41) is 10.1. The molecular formula is C16H22ClNO3. The predicted molar refractivity (Wildman–Crippen MR) is 82.7 cm³/mol. The number of ether oxygens (including phenoxy) is 1. The molecule has 0 aliphatic carbocycles. The van der Waals surface area contributed by atoms with Crippen LogP contribution in [0.2, 0.25) is 5.02 Å². The summed E-state index contributed by atoms with van der Waals surface area (Å²) in [5.41, 5.74) is 0.921. The number of nitrogens with zero attached hydrogens (tertiary/aromatic N) is 1. The normalized spacial score (nSPS) is 19.2. The van der Waals surface area contributed by atoms with Crippen molar-refractivity contribution in [3.8, 4) is 5.75 Å². The number of aliphatic hydroxyl groups excluding tert-OH is 1. The van der Waals surface area contributed by atoms with Crippen molar-refractivity contribution in [1.29, 1.82) is 0 Å². The second kappa shape index (κ2) is 7.66. The second-order valence-electron chi connectivity index (χ2n) is 5.47. The summed E-state index contributed by atoms with van der Waals surface area (Å²) in [6.07, 6.45) is 4.02. The first-order chi connectivity index (χ1) is 10.1. The number of hydrogen-bond acceptors (Lipinski definition) is 3. The molecule has 0 radical (unpaired) electrons. The van der Waals surface area contributed by atoms with Crippen LogP contribution in [0.1, 0.15) is 31.2 Å². The lowest BCUT2D eigenvalue weighted by atomic mass is 10.1. The van der Waals surface area contributed by atoms with E-state index in [0.29, 0.717) is 17.3 Å². The molecule has 1 aromatic rings. The van der Waals surface area contributed by atoms with Crippen LogP contribution in [-0.4, -0.2) is 41.7 Å². The molecule has 1 N–H and O–H groups in total. The van der Waals surface area contributed by atoms with Gasteiger partial charge in [0.15, 0.2) is 6.61 Å². The average molecular weight is 312 g/mol. The number of likely N-dealkylation sites (tertiary alicyclic amines) is 1. The molecule has 1 atom stereocenters. The number of carbonyl (C=O) groups excluding carboxylic acids is 1. The first kappa shape index (κ1) is 16.1. The molecular weight excluding hydrogens is 290 g/mol. The van der Waals surface area contributed by atoms with Crippen molar-refractivity contribution in [3.63, 3.8) is 0 Å². The first-order valence-electron chi connectivity index (χ1n) is 7.41. The standard InChI is InChI=1S/C16H22ClNO3/c1-12-9-14(6-7-15(12)17)21-11-16(20)18-8-4-2-3-5-13(18)10-19/h6-7,9,13,19H,2-5,8,10-11H2,1H3. The summed E-state index contributed by atoms with van der Waals surface area (Å²) in [6, 6.07) is 5.27. The number of rotatable bonds is 4. The van der Waals surface area contributed by atoms with Gasteiger partial charge in [0, 0.05) is 11.6 Å². The van der Waals surface area contributed by atoms with Crippen molar-refractivity contribution in [2.75, 3.05) is 19.8 Å². The van der Waals surface area contributed by atoms with Gasteiger partial charge in [-0.15, -0.1) is 0 Å². The Bertz CT molecular complexity index is 492. The third-order valence-electron chi connectivity index (χ3n) is 3.90. The Morgan fingerprint density at radius 2 is 2.24 bits per heavy atom. The number of carbonyl (C=O) groups is 1. The maximum absolute atomic E-state index is 12.3. The van der Waals surface area contributed by atoms with Crippen molar-refractivity contribution in [3.05, 3.63) is 28.8 Å². The molecule has 0 bridgehead atoms. The number of aliphatic hydroxyl groups is 1. The van der Waals surface area contributed by atoms with Gasteiger partial charge in [0.05, 0.1) is 12.6 Å². The van der Waals surface area contributed by atoms with Crippen LogP contribution >= 0.6 is 11.6 Å². The molecule has 0 aromatic heterocycles. The van der Waals surface area contributed by atoms with Crippen LogP contribution in [0, 0.1) is 6.92 Å². The van der Waals surface area contributed by atoms with E-state index < -0.39 is 0 Å². The van der Waals surface area contributed by atoms with Crippen molar-refractivity contribution in [2.24, 2.45) is 0 Å². The average Bonchev–Trinajstić information content (AvgIpc) is 2.73. The zero-order chi connectivity index (χ0) is 15.2. The molecule has 1 amide bonds. The van der Waals surface area contributed by atoms with E-state index in [2.05, 4.69) is 0 Å². The number of halogens is 1. The molecule has 0 saturated carbocycles. The Labute approximate surface area is 130 Å². The largest absolute Gasteiger partial charge is 0.484 e. The summed E-state index contributed by atoms with van der Waals surface area (Å²) in [6.45, 7) is 2.62. The highest BCUT2D eigenvalue weighted by Gasteiger charge is 2.24. The van der Waals surface area contributed by atoms with Crippen LogP contribution in [0.4, 0.5) is 0 Å². The van der Waals surface area contributed by atoms with Crippen LogP contribution in [0.25, 0.3) is 0 Å². The van der Waals surface area contributed by atoms with Gasteiger partial charge in [0.25, 0.3) is 5.91 Å². The van der Waals surface area contributed by atoms with Crippen molar-refractivity contribution in [1.82, 2.24) is 4.90 Å². The van der Waals surface area contributed by atoms with Crippen molar-refractivity contribution in [2.45, 2.75) is 38.6 Å². The summed E-state index contributed by atoms with van der Waals surface area (Å²) in [4.78, 5) is 14.1. The summed E-state index contributed by atoms with van der Waals surface area (Å²) < 4.78 is 5.56. The molecule has 116 valence electrons. The number of amides is 1. The van der Waals surface area contributed by atoms with E-state index in [9.17, 15) is 9.90 Å². The second-order valence-corrected chi connectivity index (χ2v) is 5.88. The third-order valence-corrected chi connectivity index (χ3v) is 4.32. The molecule has 1 aliphatic heterocycles. The Balaban J connectivity index is 1.94. The highest BCUT2D eigenvalue weighted by Crippen LogP contribution is 2.21. The van der Waals surface area contributed by atoms with E-state index >= 15 is 0 Å². The topological polar surface area (TPSA) is 49.8 Å². The van der Waals surface area contributed by atoms with Crippen LogP contribution in [0.15, 0.2) is 18.2 Å². The lowest BCUT2D eigenvalue weighted by Crippen LogP contribution is -2.44. The highest BCUT2D eigenvalue weighted by molar-refractivity contribution is 6.31. The quantitative estimate of drug-likeness (QED) is 0.930. The Kier molecular flexibility index (Phi) is 5.88. The molecule has 0 spiro atoms. The fourth-order valence-electron chi connectivity index (χ4n) is 2.63. The molecule has 4 nitrogen and oxygen atoms in total. The van der Waals surface area contributed by atoms with E-state index in [1.54, 1.807) is 17.0 Å². The monoisotopic (exact) mass is 311 g/mol. The van der Waals surface area contributed by atoms with Crippen LogP contribution < -0.4 is 4.74 Å². The molecule has 21 heavy (non-hydrogen) atoms. The number of aryl methyl sites for hydroxylation is 1. The summed E-state index contributed by atoms with van der Waals surface area (Å²) >= 11 is 5.96. The van der Waals surface area contributed by atoms with E-state index in [4.69, 9.17) is 16.3 Å². The lowest BCUT2D eigenvalue weighted by Gasteiger charge is -2.28. The van der Waals surface area contributed by atoms with Gasteiger partial charge >= 0.3 is 0 Å². The van der Waals surface area contributed by atoms with Crippen LogP contribution in [0.5, 0.6) is 5.75 Å². The van der Waals surface area contributed by atoms with Crippen LogP contribution in [0.3, 0.4) is 0 Å². The summed E-state index contributed by atoms with van der Waals surface area (Å²) in [7, 11) is 0. The molecule has 2 rings (SSSR count). The zero-order valence-corrected chi connectivity index (χ0v) is 13.1. The number of benzene rings is 1. The van der Waals surface area contributed by atoms with E-state index in [-0.39, 0.29) is 25.2 Å². The molecule has 1 unspecified atom stereocenters. The van der Waals surface area contributed by atoms with Crippen LogP contribution in [-0.2, 0) is 4.79 Å². The Hall–Kier alpha value is -1.26. The molecule has 1 fully saturated rings. The minimum Gasteiger partial charge on any atom is -0.484 e. The van der Waals surface area contributed by atoms with E-state index in [0.717, 1.165) is 31.2 Å². The molecule has 1 heterocycles. The van der Waals surface area contributed by atoms with Gasteiger partial charge in [-0.25, -0.2) is 0 Å². The molecule has 1 aliphatic rings. The van der Waals surface area contributed by atoms with Gasteiger partial charge < -0.3 is 14.7 Å². The first-order valence-corrected chi connectivity index (χ1v) is 7.79.